The van der Waals surface area contributed by atoms with Crippen molar-refractivity contribution in [2.45, 2.75) is 37.8 Å². The molecule has 0 heterocycles. The fourth-order valence-electron chi connectivity index (χ4n) is 2.20. The number of benzene rings is 1. The largest absolute Gasteiger partial charge is 0.457 e. The maximum absolute atomic E-state index is 11.9. The number of hydrogen-bond donors (Lipinski definition) is 1. The number of nitrogens with zero attached hydrogens (tertiary/aromatic N) is 1. The molecule has 1 saturated carbocycles. The van der Waals surface area contributed by atoms with E-state index in [2.05, 4.69) is 0 Å². The second kappa shape index (κ2) is 5.79. The van der Waals surface area contributed by atoms with Crippen LogP contribution in [0.2, 0.25) is 0 Å². The van der Waals surface area contributed by atoms with E-state index < -0.39 is 10.9 Å². The number of carbonyl (C=O) groups excluding carboxylic acids is 1. The predicted molar refractivity (Wildman–Crippen MR) is 68.7 cm³/mol. The molecule has 0 aliphatic heterocycles. The first-order chi connectivity index (χ1) is 9.08. The van der Waals surface area contributed by atoms with Crippen molar-refractivity contribution in [1.82, 2.24) is 0 Å². The fourth-order valence-corrected chi connectivity index (χ4v) is 2.20. The van der Waals surface area contributed by atoms with Crippen LogP contribution < -0.4 is 5.73 Å². The van der Waals surface area contributed by atoms with Crippen LogP contribution in [0.15, 0.2) is 24.3 Å². The van der Waals surface area contributed by atoms with Gasteiger partial charge in [-0.2, -0.15) is 0 Å². The average molecular weight is 264 g/mol. The summed E-state index contributed by atoms with van der Waals surface area (Å²) < 4.78 is 5.36. The van der Waals surface area contributed by atoms with Gasteiger partial charge in [0.25, 0.3) is 5.69 Å². The lowest BCUT2D eigenvalue weighted by Gasteiger charge is -2.28. The van der Waals surface area contributed by atoms with Gasteiger partial charge in [0, 0.05) is 18.2 Å². The van der Waals surface area contributed by atoms with Gasteiger partial charge in [0.1, 0.15) is 6.10 Å². The van der Waals surface area contributed by atoms with Crippen LogP contribution in [0.3, 0.4) is 0 Å². The smallest absolute Gasteiger partial charge is 0.338 e. The highest BCUT2D eigenvalue weighted by atomic mass is 16.6. The summed E-state index contributed by atoms with van der Waals surface area (Å²) in [6.45, 7) is 0. The Bertz CT molecular complexity index is 472. The van der Waals surface area contributed by atoms with Crippen molar-refractivity contribution in [2.75, 3.05) is 0 Å². The standard InChI is InChI=1S/C13H16N2O4/c14-11-3-1-2-4-12(11)19-13(16)9-5-7-10(8-6-9)15(17)18/h5-8,11-12H,1-4,14H2. The lowest BCUT2D eigenvalue weighted by Crippen LogP contribution is -2.40. The van der Waals surface area contributed by atoms with Gasteiger partial charge in [-0.05, 0) is 31.4 Å². The first-order valence-corrected chi connectivity index (χ1v) is 6.29. The van der Waals surface area contributed by atoms with E-state index in [0.717, 1.165) is 25.7 Å². The number of rotatable bonds is 3. The number of nitrogens with two attached hydrogens (primary N) is 1. The summed E-state index contributed by atoms with van der Waals surface area (Å²) in [6, 6.07) is 5.26. The van der Waals surface area contributed by atoms with E-state index in [4.69, 9.17) is 10.5 Å². The number of nitro benzene ring substituents is 1. The van der Waals surface area contributed by atoms with Crippen LogP contribution in [0.1, 0.15) is 36.0 Å². The van der Waals surface area contributed by atoms with Gasteiger partial charge in [0.05, 0.1) is 10.5 Å². The first-order valence-electron chi connectivity index (χ1n) is 6.29. The van der Waals surface area contributed by atoms with E-state index in [0.29, 0.717) is 5.56 Å². The molecular formula is C13H16N2O4. The Morgan fingerprint density at radius 3 is 2.47 bits per heavy atom. The molecule has 0 radical (unpaired) electrons. The molecule has 0 bridgehead atoms. The molecule has 1 aromatic rings. The molecule has 0 amide bonds. The van der Waals surface area contributed by atoms with Gasteiger partial charge in [-0.3, -0.25) is 10.1 Å². The average Bonchev–Trinajstić information content (AvgIpc) is 2.41. The normalized spacial score (nSPS) is 22.8. The summed E-state index contributed by atoms with van der Waals surface area (Å²) in [7, 11) is 0. The lowest BCUT2D eigenvalue weighted by molar-refractivity contribution is -0.384. The Kier molecular flexibility index (Phi) is 4.11. The topological polar surface area (TPSA) is 95.5 Å². The molecule has 2 N–H and O–H groups in total. The van der Waals surface area contributed by atoms with E-state index >= 15 is 0 Å². The Labute approximate surface area is 110 Å². The minimum absolute atomic E-state index is 0.0501. The number of nitro groups is 1. The Morgan fingerprint density at radius 1 is 1.26 bits per heavy atom. The van der Waals surface area contributed by atoms with Crippen LogP contribution in [0.5, 0.6) is 0 Å². The van der Waals surface area contributed by atoms with Crippen LogP contribution in [-0.2, 0) is 4.74 Å². The second-order valence-electron chi connectivity index (χ2n) is 4.70. The highest BCUT2D eigenvalue weighted by molar-refractivity contribution is 5.89. The highest BCUT2D eigenvalue weighted by Crippen LogP contribution is 2.21. The van der Waals surface area contributed by atoms with Gasteiger partial charge in [-0.25, -0.2) is 4.79 Å². The molecule has 2 atom stereocenters. The second-order valence-corrected chi connectivity index (χ2v) is 4.70. The van der Waals surface area contributed by atoms with Crippen molar-refractivity contribution < 1.29 is 14.5 Å². The van der Waals surface area contributed by atoms with Crippen molar-refractivity contribution in [1.29, 1.82) is 0 Å². The van der Waals surface area contributed by atoms with Crippen molar-refractivity contribution in [3.63, 3.8) is 0 Å². The van der Waals surface area contributed by atoms with Crippen molar-refractivity contribution in [2.24, 2.45) is 5.73 Å². The van der Waals surface area contributed by atoms with Crippen molar-refractivity contribution in [3.05, 3.63) is 39.9 Å². The number of esters is 1. The number of carbonyl (C=O) groups is 1. The molecule has 2 unspecified atom stereocenters. The van der Waals surface area contributed by atoms with Gasteiger partial charge in [0.15, 0.2) is 0 Å². The zero-order chi connectivity index (χ0) is 13.8. The zero-order valence-corrected chi connectivity index (χ0v) is 10.5. The summed E-state index contributed by atoms with van der Waals surface area (Å²) in [5, 5.41) is 10.5. The van der Waals surface area contributed by atoms with Crippen molar-refractivity contribution >= 4 is 11.7 Å². The third kappa shape index (κ3) is 3.29. The minimum Gasteiger partial charge on any atom is -0.457 e. The highest BCUT2D eigenvalue weighted by Gasteiger charge is 2.25. The zero-order valence-electron chi connectivity index (χ0n) is 10.5. The molecule has 19 heavy (non-hydrogen) atoms. The molecule has 1 fully saturated rings. The van der Waals surface area contributed by atoms with Crippen LogP contribution >= 0.6 is 0 Å². The SMILES string of the molecule is NC1CCCCC1OC(=O)c1ccc([N+](=O)[O-])cc1. The minimum atomic E-state index is -0.508. The Hall–Kier alpha value is -1.95. The van der Waals surface area contributed by atoms with Crippen LogP contribution in [0, 0.1) is 10.1 Å². The van der Waals surface area contributed by atoms with Gasteiger partial charge >= 0.3 is 5.97 Å². The van der Waals surface area contributed by atoms with E-state index in [9.17, 15) is 14.9 Å². The summed E-state index contributed by atoms with van der Waals surface area (Å²) in [5.74, 6) is -0.475. The van der Waals surface area contributed by atoms with E-state index in [1.54, 1.807) is 0 Å². The first kappa shape index (κ1) is 13.5. The van der Waals surface area contributed by atoms with Gasteiger partial charge in [-0.1, -0.05) is 6.42 Å². The monoisotopic (exact) mass is 264 g/mol. The van der Waals surface area contributed by atoms with E-state index in [1.807, 2.05) is 0 Å². The summed E-state index contributed by atoms with van der Waals surface area (Å²) in [4.78, 5) is 21.9. The van der Waals surface area contributed by atoms with Crippen LogP contribution in [0.25, 0.3) is 0 Å². The van der Waals surface area contributed by atoms with Crippen molar-refractivity contribution in [3.8, 4) is 0 Å². The number of non-ortho nitro benzene ring substituents is 1. The van der Waals surface area contributed by atoms with Gasteiger partial charge in [0.2, 0.25) is 0 Å². The molecule has 1 aromatic carbocycles. The maximum atomic E-state index is 11.9. The number of hydrogen-bond acceptors (Lipinski definition) is 5. The van der Waals surface area contributed by atoms with E-state index in [-0.39, 0.29) is 17.8 Å². The molecule has 6 heteroatoms. The molecular weight excluding hydrogens is 248 g/mol. The summed E-state index contributed by atoms with van der Waals surface area (Å²) in [5.41, 5.74) is 6.16. The predicted octanol–water partition coefficient (Wildman–Crippen LogP) is 2.02. The number of ether oxygens (including phenoxy) is 1. The Balaban J connectivity index is 2.01. The molecule has 0 saturated heterocycles. The molecule has 0 aromatic heterocycles. The molecule has 0 spiro atoms. The van der Waals surface area contributed by atoms with Gasteiger partial charge in [-0.15, -0.1) is 0 Å². The summed E-state index contributed by atoms with van der Waals surface area (Å²) >= 11 is 0. The maximum Gasteiger partial charge on any atom is 0.338 e. The molecule has 1 aliphatic carbocycles. The molecule has 6 nitrogen and oxygen atoms in total. The quantitative estimate of drug-likeness (QED) is 0.512. The molecule has 102 valence electrons. The summed E-state index contributed by atoms with van der Waals surface area (Å²) in [6.07, 6.45) is 3.45. The van der Waals surface area contributed by atoms with Crippen LogP contribution in [-0.4, -0.2) is 23.0 Å². The van der Waals surface area contributed by atoms with Crippen LogP contribution in [0.4, 0.5) is 5.69 Å². The Morgan fingerprint density at radius 2 is 1.89 bits per heavy atom. The lowest BCUT2D eigenvalue weighted by atomic mass is 9.93. The van der Waals surface area contributed by atoms with E-state index in [1.165, 1.54) is 24.3 Å². The molecule has 1 aliphatic rings. The molecule has 2 rings (SSSR count). The van der Waals surface area contributed by atoms with Gasteiger partial charge < -0.3 is 10.5 Å². The third-order valence-corrected chi connectivity index (χ3v) is 3.33. The third-order valence-electron chi connectivity index (χ3n) is 3.33. The fraction of sp³-hybridized carbons (Fsp3) is 0.462.